The normalized spacial score (nSPS) is 13.8. The van der Waals surface area contributed by atoms with Gasteiger partial charge < -0.3 is 23.7 Å². The second-order valence-electron chi connectivity index (χ2n) is 9.02. The predicted molar refractivity (Wildman–Crippen MR) is 114 cm³/mol. The number of ether oxygens (including phenoxy) is 2. The zero-order valence-corrected chi connectivity index (χ0v) is 19.6. The molecule has 0 aliphatic rings. The summed E-state index contributed by atoms with van der Waals surface area (Å²) in [4.78, 5) is 31.6. The van der Waals surface area contributed by atoms with Gasteiger partial charge in [-0.2, -0.15) is 0 Å². The Morgan fingerprint density at radius 2 is 1.59 bits per heavy atom. The zero-order chi connectivity index (χ0) is 22.4. The Bertz CT molecular complexity index is 694. The number of benzene rings is 1. The van der Waals surface area contributed by atoms with Crippen molar-refractivity contribution in [3.8, 4) is 5.75 Å². The fraction of sp³-hybridized carbons (Fsp3) is 0.667. The lowest BCUT2D eigenvalue weighted by molar-refractivity contribution is -0.870. The lowest BCUT2D eigenvalue weighted by Gasteiger charge is -2.25. The molecule has 29 heavy (non-hydrogen) atoms. The van der Waals surface area contributed by atoms with Crippen LogP contribution in [0.3, 0.4) is 0 Å². The van der Waals surface area contributed by atoms with Crippen molar-refractivity contribution in [2.75, 3.05) is 34.3 Å². The number of likely N-dealkylation sites (N-methyl/N-ethyl adjacent to an activating group) is 1. The summed E-state index contributed by atoms with van der Waals surface area (Å²) in [5.41, 5.74) is 1.88. The molecule has 0 fully saturated rings. The van der Waals surface area contributed by atoms with Gasteiger partial charge in [-0.3, -0.25) is 9.36 Å². The van der Waals surface area contributed by atoms with Gasteiger partial charge in [0.05, 0.1) is 27.7 Å². The third-order valence-electron chi connectivity index (χ3n) is 4.58. The van der Waals surface area contributed by atoms with E-state index in [1.807, 2.05) is 67.0 Å². The van der Waals surface area contributed by atoms with Gasteiger partial charge in [0.2, 0.25) is 0 Å². The second kappa shape index (κ2) is 10.7. The van der Waals surface area contributed by atoms with Crippen LogP contribution < -0.4 is 4.74 Å². The monoisotopic (exact) mass is 430 g/mol. The summed E-state index contributed by atoms with van der Waals surface area (Å²) in [6.45, 7) is 8.91. The van der Waals surface area contributed by atoms with E-state index in [4.69, 9.17) is 9.47 Å². The first kappa shape index (κ1) is 25.8. The number of rotatable bonds is 11. The number of esters is 1. The maximum absolute atomic E-state index is 12.5. The summed E-state index contributed by atoms with van der Waals surface area (Å²) in [6.07, 6.45) is -0.231. The molecule has 1 unspecified atom stereocenters. The van der Waals surface area contributed by atoms with E-state index in [9.17, 15) is 19.1 Å². The first-order valence-electron chi connectivity index (χ1n) is 10.0. The number of nitrogens with zero attached hydrogens (tertiary/aromatic N) is 1. The van der Waals surface area contributed by atoms with E-state index >= 15 is 0 Å². The third kappa shape index (κ3) is 8.97. The van der Waals surface area contributed by atoms with Gasteiger partial charge >= 0.3 is 13.6 Å². The van der Waals surface area contributed by atoms with Crippen molar-refractivity contribution in [2.45, 2.75) is 58.2 Å². The van der Waals surface area contributed by atoms with E-state index < -0.39 is 19.4 Å². The maximum atomic E-state index is 12.5. The summed E-state index contributed by atoms with van der Waals surface area (Å²) in [5, 5.41) is 0. The Morgan fingerprint density at radius 3 is 2.00 bits per heavy atom. The molecule has 1 aromatic carbocycles. The molecule has 8 heteroatoms. The van der Waals surface area contributed by atoms with Crippen molar-refractivity contribution >= 4 is 13.6 Å². The van der Waals surface area contributed by atoms with E-state index in [2.05, 4.69) is 0 Å². The van der Waals surface area contributed by atoms with Crippen molar-refractivity contribution < 1.29 is 33.1 Å². The molecule has 1 rings (SSSR count). The van der Waals surface area contributed by atoms with Gasteiger partial charge in [0, 0.05) is 6.42 Å². The highest BCUT2D eigenvalue weighted by atomic mass is 31.2. The number of hydrogen-bond donors (Lipinski definition) is 2. The fourth-order valence-corrected chi connectivity index (χ4v) is 3.58. The third-order valence-corrected chi connectivity index (χ3v) is 5.74. The highest BCUT2D eigenvalue weighted by molar-refractivity contribution is 7.52. The summed E-state index contributed by atoms with van der Waals surface area (Å²) < 4.78 is 23.5. The van der Waals surface area contributed by atoms with E-state index in [0.717, 1.165) is 11.1 Å². The van der Waals surface area contributed by atoms with Crippen molar-refractivity contribution in [3.05, 3.63) is 29.3 Å². The Kier molecular flexibility index (Phi) is 9.51. The summed E-state index contributed by atoms with van der Waals surface area (Å²) >= 11 is 0. The average molecular weight is 431 g/mol. The summed E-state index contributed by atoms with van der Waals surface area (Å²) in [5.74, 6) is -0.919. The quantitative estimate of drug-likeness (QED) is 0.240. The minimum atomic E-state index is -4.48. The Hall–Kier alpha value is -1.24. The van der Waals surface area contributed by atoms with E-state index in [0.29, 0.717) is 16.8 Å². The SMILES string of the molecule is CC(C)c1cccc(C(C)C)c1OC(=O)CCC(OCC[N+](C)(C)C)P(=O)(O)O. The number of quaternary nitrogens is 1. The first-order valence-corrected chi connectivity index (χ1v) is 11.7. The average Bonchev–Trinajstić information content (AvgIpc) is 2.55. The van der Waals surface area contributed by atoms with Crippen molar-refractivity contribution in [3.63, 3.8) is 0 Å². The van der Waals surface area contributed by atoms with Crippen LogP contribution in [0.5, 0.6) is 5.75 Å². The van der Waals surface area contributed by atoms with Crippen molar-refractivity contribution in [1.29, 1.82) is 0 Å². The van der Waals surface area contributed by atoms with Crippen LogP contribution in [0.4, 0.5) is 0 Å². The second-order valence-corrected chi connectivity index (χ2v) is 10.8. The summed E-state index contributed by atoms with van der Waals surface area (Å²) in [6, 6.07) is 5.82. The van der Waals surface area contributed by atoms with Crippen LogP contribution in [0, 0.1) is 0 Å². The van der Waals surface area contributed by atoms with Crippen LogP contribution >= 0.6 is 7.60 Å². The van der Waals surface area contributed by atoms with Crippen LogP contribution in [-0.4, -0.2) is 60.4 Å². The lowest BCUT2D eigenvalue weighted by atomic mass is 9.94. The molecule has 2 N–H and O–H groups in total. The molecule has 166 valence electrons. The van der Waals surface area contributed by atoms with E-state index in [-0.39, 0.29) is 31.3 Å². The highest BCUT2D eigenvalue weighted by Crippen LogP contribution is 2.44. The Balaban J connectivity index is 2.84. The molecule has 0 aliphatic heterocycles. The number of carbonyl (C=O) groups excluding carboxylic acids is 1. The van der Waals surface area contributed by atoms with Crippen LogP contribution in [-0.2, 0) is 14.1 Å². The van der Waals surface area contributed by atoms with Gasteiger partial charge in [0.15, 0.2) is 5.85 Å². The molecular formula is C21H37NO6P+. The molecule has 0 bridgehead atoms. The molecular weight excluding hydrogens is 393 g/mol. The predicted octanol–water partition coefficient (Wildman–Crippen LogP) is 3.85. The van der Waals surface area contributed by atoms with Gasteiger partial charge in [-0.25, -0.2) is 0 Å². The van der Waals surface area contributed by atoms with E-state index in [1.54, 1.807) is 0 Å². The first-order chi connectivity index (χ1) is 13.2. The fourth-order valence-electron chi connectivity index (χ4n) is 2.82. The highest BCUT2D eigenvalue weighted by Gasteiger charge is 2.31. The zero-order valence-electron chi connectivity index (χ0n) is 18.7. The molecule has 0 aliphatic carbocycles. The Morgan fingerprint density at radius 1 is 1.07 bits per heavy atom. The molecule has 0 amide bonds. The summed E-state index contributed by atoms with van der Waals surface area (Å²) in [7, 11) is 1.41. The van der Waals surface area contributed by atoms with Crippen LogP contribution in [0.25, 0.3) is 0 Å². The lowest BCUT2D eigenvalue weighted by Crippen LogP contribution is -2.38. The molecule has 1 aromatic rings. The van der Waals surface area contributed by atoms with Gasteiger partial charge in [-0.15, -0.1) is 0 Å². The molecule has 0 radical (unpaired) electrons. The van der Waals surface area contributed by atoms with Crippen molar-refractivity contribution in [1.82, 2.24) is 0 Å². The molecule has 1 atom stereocenters. The number of carbonyl (C=O) groups is 1. The molecule has 0 saturated carbocycles. The molecule has 0 saturated heterocycles. The largest absolute Gasteiger partial charge is 0.426 e. The Labute approximate surface area is 174 Å². The van der Waals surface area contributed by atoms with E-state index in [1.165, 1.54) is 0 Å². The number of hydrogen-bond acceptors (Lipinski definition) is 4. The minimum Gasteiger partial charge on any atom is -0.426 e. The molecule has 0 aromatic heterocycles. The standard InChI is InChI=1S/C21H36NO6P/c1-15(2)17-9-8-10-18(16(3)4)21(17)28-19(23)11-12-20(29(24,25)26)27-14-13-22(5,6)7/h8-10,15-16,20H,11-14H2,1-7H3,(H-,24,25,26)/p+1. The smallest absolute Gasteiger partial charge is 0.354 e. The minimum absolute atomic E-state index is 0.0961. The van der Waals surface area contributed by atoms with Gasteiger partial charge in [-0.1, -0.05) is 45.9 Å². The number of para-hydroxylation sites is 1. The van der Waals surface area contributed by atoms with Crippen molar-refractivity contribution in [2.24, 2.45) is 0 Å². The van der Waals surface area contributed by atoms with Gasteiger partial charge in [0.25, 0.3) is 0 Å². The van der Waals surface area contributed by atoms with Crippen LogP contribution in [0.1, 0.15) is 63.5 Å². The molecule has 0 heterocycles. The van der Waals surface area contributed by atoms with Gasteiger partial charge in [-0.05, 0) is 29.4 Å². The van der Waals surface area contributed by atoms with Crippen LogP contribution in [0.2, 0.25) is 0 Å². The molecule has 0 spiro atoms. The van der Waals surface area contributed by atoms with Gasteiger partial charge in [0.1, 0.15) is 12.3 Å². The van der Waals surface area contributed by atoms with Crippen LogP contribution in [0.15, 0.2) is 18.2 Å². The molecule has 7 nitrogen and oxygen atoms in total. The maximum Gasteiger partial charge on any atom is 0.354 e. The topological polar surface area (TPSA) is 93.1 Å².